The molecule has 1 aromatic rings. The van der Waals surface area contributed by atoms with E-state index in [2.05, 4.69) is 4.42 Å². The Morgan fingerprint density at radius 2 is 1.62 bits per heavy atom. The van der Waals surface area contributed by atoms with Crippen LogP contribution in [0, 0.1) is 0 Å². The minimum Gasteiger partial charge on any atom is -0.455 e. The van der Waals surface area contributed by atoms with Crippen LogP contribution in [0.4, 0.5) is 13.2 Å². The third kappa shape index (κ3) is 2.24. The van der Waals surface area contributed by atoms with E-state index in [1.54, 1.807) is 13.8 Å². The van der Waals surface area contributed by atoms with Gasteiger partial charge >= 0.3 is 6.18 Å². The van der Waals surface area contributed by atoms with Crippen molar-refractivity contribution in [2.24, 2.45) is 5.73 Å². The number of hydrogen-bond acceptors (Lipinski definition) is 2. The Labute approximate surface area is 73.5 Å². The fraction of sp³-hybridized carbons (Fsp3) is 0.500. The maximum atomic E-state index is 12.1. The van der Waals surface area contributed by atoms with Crippen molar-refractivity contribution in [1.29, 1.82) is 0 Å². The molecule has 0 bridgehead atoms. The zero-order valence-electron chi connectivity index (χ0n) is 7.27. The van der Waals surface area contributed by atoms with Crippen LogP contribution in [-0.2, 0) is 11.7 Å². The molecular weight excluding hydrogens is 183 g/mol. The predicted octanol–water partition coefficient (Wildman–Crippen LogP) is 2.49. The number of furan rings is 1. The molecular formula is C8H10F3NO. The van der Waals surface area contributed by atoms with E-state index in [-0.39, 0.29) is 5.76 Å². The van der Waals surface area contributed by atoms with Gasteiger partial charge in [-0.25, -0.2) is 0 Å². The van der Waals surface area contributed by atoms with Crippen molar-refractivity contribution >= 4 is 0 Å². The van der Waals surface area contributed by atoms with Crippen LogP contribution in [0.2, 0.25) is 0 Å². The van der Waals surface area contributed by atoms with Gasteiger partial charge in [-0.05, 0) is 26.0 Å². The van der Waals surface area contributed by atoms with Gasteiger partial charge in [0.25, 0.3) is 0 Å². The minimum atomic E-state index is -4.44. The Bertz CT molecular complexity index is 267. The quantitative estimate of drug-likeness (QED) is 0.744. The van der Waals surface area contributed by atoms with Crippen LogP contribution in [-0.4, -0.2) is 0 Å². The lowest BCUT2D eigenvalue weighted by atomic mass is 10.0. The lowest BCUT2D eigenvalue weighted by Crippen LogP contribution is -2.27. The van der Waals surface area contributed by atoms with Crippen molar-refractivity contribution in [2.75, 3.05) is 0 Å². The molecule has 1 heterocycles. The molecule has 1 rings (SSSR count). The van der Waals surface area contributed by atoms with Crippen molar-refractivity contribution in [1.82, 2.24) is 0 Å². The largest absolute Gasteiger partial charge is 0.455 e. The monoisotopic (exact) mass is 193 g/mol. The summed E-state index contributed by atoms with van der Waals surface area (Å²) in [5.41, 5.74) is 4.67. The summed E-state index contributed by atoms with van der Waals surface area (Å²) in [6.07, 6.45) is -4.44. The van der Waals surface area contributed by atoms with Gasteiger partial charge in [0, 0.05) is 0 Å². The first-order chi connectivity index (χ1) is 5.71. The lowest BCUT2D eigenvalue weighted by Gasteiger charge is -2.14. The predicted molar refractivity (Wildman–Crippen MR) is 40.9 cm³/mol. The van der Waals surface area contributed by atoms with Crippen molar-refractivity contribution < 1.29 is 17.6 Å². The van der Waals surface area contributed by atoms with Gasteiger partial charge in [0.1, 0.15) is 5.76 Å². The maximum absolute atomic E-state index is 12.1. The number of hydrogen-bond donors (Lipinski definition) is 1. The fourth-order valence-corrected chi connectivity index (χ4v) is 0.837. The summed E-state index contributed by atoms with van der Waals surface area (Å²) < 4.78 is 40.7. The average molecular weight is 193 g/mol. The smallest absolute Gasteiger partial charge is 0.449 e. The second-order valence-corrected chi connectivity index (χ2v) is 3.38. The number of halogens is 3. The second-order valence-electron chi connectivity index (χ2n) is 3.38. The molecule has 0 atom stereocenters. The first kappa shape index (κ1) is 10.1. The van der Waals surface area contributed by atoms with Gasteiger partial charge in [-0.15, -0.1) is 0 Å². The summed E-state index contributed by atoms with van der Waals surface area (Å²) in [4.78, 5) is 0. The molecule has 2 nitrogen and oxygen atoms in total. The SMILES string of the molecule is CC(C)(N)c1ccc(C(F)(F)F)o1. The molecule has 2 N–H and O–H groups in total. The summed E-state index contributed by atoms with van der Waals surface area (Å²) in [5.74, 6) is -0.888. The molecule has 0 amide bonds. The number of alkyl halides is 3. The molecule has 0 saturated carbocycles. The van der Waals surface area contributed by atoms with Gasteiger partial charge in [-0.1, -0.05) is 0 Å². The highest BCUT2D eigenvalue weighted by Crippen LogP contribution is 2.32. The molecule has 1 aromatic heterocycles. The number of rotatable bonds is 1. The highest BCUT2D eigenvalue weighted by Gasteiger charge is 2.36. The van der Waals surface area contributed by atoms with Gasteiger partial charge in [-0.2, -0.15) is 13.2 Å². The van der Waals surface area contributed by atoms with E-state index in [0.717, 1.165) is 6.07 Å². The topological polar surface area (TPSA) is 39.2 Å². The zero-order chi connectivity index (χ0) is 10.3. The fourth-order valence-electron chi connectivity index (χ4n) is 0.837. The first-order valence-corrected chi connectivity index (χ1v) is 3.67. The third-order valence-corrected chi connectivity index (χ3v) is 1.52. The van der Waals surface area contributed by atoms with Crippen LogP contribution in [0.25, 0.3) is 0 Å². The molecule has 5 heteroatoms. The van der Waals surface area contributed by atoms with Crippen LogP contribution >= 0.6 is 0 Å². The van der Waals surface area contributed by atoms with Crippen LogP contribution < -0.4 is 5.73 Å². The molecule has 13 heavy (non-hydrogen) atoms. The van der Waals surface area contributed by atoms with Gasteiger partial charge in [0.2, 0.25) is 5.76 Å². The van der Waals surface area contributed by atoms with Gasteiger partial charge in [-0.3, -0.25) is 0 Å². The van der Waals surface area contributed by atoms with Gasteiger partial charge in [0.15, 0.2) is 0 Å². The minimum absolute atomic E-state index is 0.125. The van der Waals surface area contributed by atoms with Crippen LogP contribution in [0.1, 0.15) is 25.4 Å². The molecule has 0 saturated heterocycles. The number of nitrogens with two attached hydrogens (primary N) is 1. The highest BCUT2D eigenvalue weighted by atomic mass is 19.4. The maximum Gasteiger partial charge on any atom is 0.449 e. The van der Waals surface area contributed by atoms with Crippen molar-refractivity contribution in [3.8, 4) is 0 Å². The zero-order valence-corrected chi connectivity index (χ0v) is 7.27. The van der Waals surface area contributed by atoms with Crippen LogP contribution in [0.3, 0.4) is 0 Å². The Morgan fingerprint density at radius 1 is 1.15 bits per heavy atom. The van der Waals surface area contributed by atoms with Crippen molar-refractivity contribution in [3.05, 3.63) is 23.7 Å². The standard InChI is InChI=1S/C8H10F3NO/c1-7(2,12)5-3-4-6(13-5)8(9,10)11/h3-4H,12H2,1-2H3. The van der Waals surface area contributed by atoms with E-state index in [9.17, 15) is 13.2 Å². The normalized spacial score (nSPS) is 13.4. The molecule has 0 fully saturated rings. The molecule has 74 valence electrons. The van der Waals surface area contributed by atoms with Gasteiger partial charge in [0.05, 0.1) is 5.54 Å². The van der Waals surface area contributed by atoms with E-state index in [1.165, 1.54) is 6.07 Å². The van der Waals surface area contributed by atoms with Crippen LogP contribution in [0.15, 0.2) is 16.5 Å². The molecule has 0 aromatic carbocycles. The summed E-state index contributed by atoms with van der Waals surface area (Å²) in [7, 11) is 0. The summed E-state index contributed by atoms with van der Waals surface area (Å²) in [6.45, 7) is 3.15. The Kier molecular flexibility index (Phi) is 2.15. The Morgan fingerprint density at radius 3 is 1.85 bits per heavy atom. The highest BCUT2D eigenvalue weighted by molar-refractivity contribution is 5.15. The Balaban J connectivity index is 3.01. The molecule has 0 radical (unpaired) electrons. The molecule has 0 aliphatic rings. The van der Waals surface area contributed by atoms with Crippen molar-refractivity contribution in [2.45, 2.75) is 25.6 Å². The third-order valence-electron chi connectivity index (χ3n) is 1.52. The van der Waals surface area contributed by atoms with E-state index < -0.39 is 17.5 Å². The van der Waals surface area contributed by atoms with E-state index >= 15 is 0 Å². The van der Waals surface area contributed by atoms with E-state index in [1.807, 2.05) is 0 Å². The first-order valence-electron chi connectivity index (χ1n) is 3.67. The molecule has 0 unspecified atom stereocenters. The lowest BCUT2D eigenvalue weighted by molar-refractivity contribution is -0.153. The van der Waals surface area contributed by atoms with Gasteiger partial charge < -0.3 is 10.2 Å². The summed E-state index contributed by atoms with van der Waals surface area (Å²) >= 11 is 0. The van der Waals surface area contributed by atoms with E-state index in [4.69, 9.17) is 5.73 Å². The summed E-state index contributed by atoms with van der Waals surface area (Å²) in [6, 6.07) is 2.12. The van der Waals surface area contributed by atoms with E-state index in [0.29, 0.717) is 0 Å². The van der Waals surface area contributed by atoms with Crippen molar-refractivity contribution in [3.63, 3.8) is 0 Å². The van der Waals surface area contributed by atoms with Crippen LogP contribution in [0.5, 0.6) is 0 Å². The second kappa shape index (κ2) is 2.77. The summed E-state index contributed by atoms with van der Waals surface area (Å²) in [5, 5.41) is 0. The molecule has 0 aliphatic carbocycles. The Hall–Kier alpha value is -0.970. The average Bonchev–Trinajstić information content (AvgIpc) is 2.28. The molecule has 0 aliphatic heterocycles. The molecule has 0 spiro atoms.